The third-order valence-electron chi connectivity index (χ3n) is 9.08. The van der Waals surface area contributed by atoms with Gasteiger partial charge < -0.3 is 4.74 Å². The number of fused-ring (bicyclic) bond motifs is 1. The minimum Gasteiger partial charge on any atom is -0.466 e. The van der Waals surface area contributed by atoms with Crippen LogP contribution in [-0.4, -0.2) is 27.8 Å². The van der Waals surface area contributed by atoms with Crippen molar-refractivity contribution in [1.82, 2.24) is 14.8 Å². The average molecular weight is 608 g/mol. The number of hydrogen-bond donors (Lipinski definition) is 1. The summed E-state index contributed by atoms with van der Waals surface area (Å²) in [5.74, 6) is 0.438. The summed E-state index contributed by atoms with van der Waals surface area (Å²) in [5.41, 5.74) is 0.829. The lowest BCUT2D eigenvalue weighted by Crippen LogP contribution is -2.38. The van der Waals surface area contributed by atoms with Crippen molar-refractivity contribution in [2.75, 3.05) is 12.0 Å². The van der Waals surface area contributed by atoms with E-state index in [-0.39, 0.29) is 22.9 Å². The molecule has 1 aromatic heterocycles. The topological polar surface area (TPSA) is 104 Å². The minimum absolute atomic E-state index is 0.0346. The Labute approximate surface area is 254 Å². The molecule has 1 fully saturated rings. The van der Waals surface area contributed by atoms with Gasteiger partial charge in [-0.25, -0.2) is 19.3 Å². The Morgan fingerprint density at radius 3 is 2.64 bits per heavy atom. The van der Waals surface area contributed by atoms with Crippen LogP contribution in [-0.2, 0) is 22.1 Å². The van der Waals surface area contributed by atoms with Crippen LogP contribution in [0.1, 0.15) is 87.1 Å². The number of esters is 1. The number of nitrogens with one attached hydrogen (secondary N) is 1. The summed E-state index contributed by atoms with van der Waals surface area (Å²) in [4.78, 5) is 28.2. The Kier molecular flexibility index (Phi) is 9.00. The van der Waals surface area contributed by atoms with E-state index in [9.17, 15) is 28.0 Å². The molecular formula is C33H36F3N5O3. The molecule has 44 heavy (non-hydrogen) atoms. The molecule has 1 unspecified atom stereocenters. The number of aromatic nitrogens is 3. The van der Waals surface area contributed by atoms with Crippen molar-refractivity contribution in [3.8, 4) is 6.07 Å². The number of hydrogen-bond acceptors (Lipinski definition) is 6. The number of methoxy groups -OCH3 is 1. The number of anilines is 2. The lowest BCUT2D eigenvalue weighted by molar-refractivity contribution is -0.138. The number of alkyl halides is 3. The maximum absolute atomic E-state index is 13.6. The zero-order valence-electron chi connectivity index (χ0n) is 25.1. The number of carbonyl (C=O) groups is 1. The molecule has 8 nitrogen and oxygen atoms in total. The molecule has 11 heteroatoms. The van der Waals surface area contributed by atoms with Gasteiger partial charge in [0.1, 0.15) is 6.04 Å². The first-order chi connectivity index (χ1) is 21.1. The van der Waals surface area contributed by atoms with Crippen molar-refractivity contribution >= 4 is 17.6 Å². The van der Waals surface area contributed by atoms with Gasteiger partial charge in [-0.3, -0.25) is 4.90 Å². The number of ether oxygens (including phenoxy) is 1. The highest BCUT2D eigenvalue weighted by Gasteiger charge is 2.41. The van der Waals surface area contributed by atoms with Gasteiger partial charge >= 0.3 is 17.8 Å². The normalized spacial score (nSPS) is 17.6. The minimum atomic E-state index is -4.60. The van der Waals surface area contributed by atoms with Gasteiger partial charge in [0, 0.05) is 11.4 Å². The molecule has 1 saturated carbocycles. The monoisotopic (exact) mass is 607 g/mol. The van der Waals surface area contributed by atoms with Crippen LogP contribution >= 0.6 is 0 Å². The predicted molar refractivity (Wildman–Crippen MR) is 159 cm³/mol. The molecule has 1 aliphatic heterocycles. The van der Waals surface area contributed by atoms with Crippen LogP contribution < -0.4 is 10.6 Å². The second-order valence-corrected chi connectivity index (χ2v) is 11.7. The Balaban J connectivity index is 1.63. The summed E-state index contributed by atoms with van der Waals surface area (Å²) >= 11 is 0. The van der Waals surface area contributed by atoms with Crippen LogP contribution in [0.5, 0.6) is 0 Å². The number of carbonyl (C=O) groups excluding carboxylic acids is 1. The first-order valence-corrected chi connectivity index (χ1v) is 15.0. The number of benzene rings is 2. The van der Waals surface area contributed by atoms with Crippen molar-refractivity contribution in [3.05, 3.63) is 86.5 Å². The molecule has 0 amide bonds. The fourth-order valence-corrected chi connectivity index (χ4v) is 6.44. The third-order valence-corrected chi connectivity index (χ3v) is 9.08. The number of nitrogens with zero attached hydrogens (tertiary/aromatic N) is 4. The van der Waals surface area contributed by atoms with Crippen LogP contribution in [0.15, 0.2) is 58.5 Å². The third kappa shape index (κ3) is 6.03. The van der Waals surface area contributed by atoms with E-state index < -0.39 is 29.4 Å². The molecule has 0 bridgehead atoms. The van der Waals surface area contributed by atoms with Crippen LogP contribution in [0.3, 0.4) is 0 Å². The molecule has 2 aliphatic rings. The molecular weight excluding hydrogens is 571 g/mol. The summed E-state index contributed by atoms with van der Waals surface area (Å²) in [6.07, 6.45) is 4.20. The molecule has 232 valence electrons. The standard InChI is InChI=1S/C33H36F3N5O3/c1-4-21(8-5-9-22-10-6-11-22)16-24-17-23(19-37)14-15-27(24)29-28(30(42)44-3)20(2)40(31-38-39-32(43)41(29)31)26-13-7-12-25(18-26)33(34,35)36/h7,12-15,17-18,21-22,29H,4-6,8-11,16H2,1-3H3,(H,39,43)/t21?,29-/m1/s1. The van der Waals surface area contributed by atoms with Crippen LogP contribution in [0.2, 0.25) is 0 Å². The van der Waals surface area contributed by atoms with Crippen molar-refractivity contribution in [2.24, 2.45) is 11.8 Å². The van der Waals surface area contributed by atoms with E-state index in [2.05, 4.69) is 23.2 Å². The fourth-order valence-electron chi connectivity index (χ4n) is 6.44. The van der Waals surface area contributed by atoms with Gasteiger partial charge in [0.2, 0.25) is 5.95 Å². The van der Waals surface area contributed by atoms with Gasteiger partial charge in [-0.05, 0) is 66.6 Å². The predicted octanol–water partition coefficient (Wildman–Crippen LogP) is 7.19. The number of halogens is 3. The molecule has 3 aromatic rings. The largest absolute Gasteiger partial charge is 0.466 e. The number of rotatable bonds is 10. The lowest BCUT2D eigenvalue weighted by atomic mass is 9.80. The molecule has 2 aromatic carbocycles. The van der Waals surface area contributed by atoms with E-state index in [1.807, 2.05) is 0 Å². The Hall–Kier alpha value is -4.33. The van der Waals surface area contributed by atoms with Gasteiger partial charge in [0.05, 0.1) is 29.9 Å². The maximum atomic E-state index is 13.6. The van der Waals surface area contributed by atoms with Gasteiger partial charge in [0.25, 0.3) is 0 Å². The van der Waals surface area contributed by atoms with Crippen molar-refractivity contribution < 1.29 is 22.7 Å². The molecule has 2 atom stereocenters. The van der Waals surface area contributed by atoms with Crippen LogP contribution in [0.25, 0.3) is 0 Å². The van der Waals surface area contributed by atoms with Crippen molar-refractivity contribution in [3.63, 3.8) is 0 Å². The van der Waals surface area contributed by atoms with E-state index >= 15 is 0 Å². The zero-order chi connectivity index (χ0) is 31.6. The molecule has 0 radical (unpaired) electrons. The van der Waals surface area contributed by atoms with Gasteiger partial charge in [0.15, 0.2) is 0 Å². The Bertz CT molecular complexity index is 1660. The highest BCUT2D eigenvalue weighted by atomic mass is 19.4. The molecule has 5 rings (SSSR count). The summed E-state index contributed by atoms with van der Waals surface area (Å²) in [7, 11) is 1.22. The number of allylic oxidation sites excluding steroid dienone is 1. The Morgan fingerprint density at radius 2 is 2.00 bits per heavy atom. The molecule has 1 N–H and O–H groups in total. The first-order valence-electron chi connectivity index (χ1n) is 15.0. The SMILES string of the molecule is CCC(CCCC1CCC1)Cc1cc(C#N)ccc1[C@@H]1C(C(=O)OC)=C(C)N(c2cccc(C(F)(F)F)c2)c2n[nH]c(=O)n21. The number of H-pyrrole nitrogens is 1. The molecule has 2 heterocycles. The van der Waals surface area contributed by atoms with Crippen molar-refractivity contribution in [1.29, 1.82) is 5.26 Å². The number of aromatic amines is 1. The quantitative estimate of drug-likeness (QED) is 0.245. The highest BCUT2D eigenvalue weighted by Crippen LogP contribution is 2.44. The second kappa shape index (κ2) is 12.7. The summed E-state index contributed by atoms with van der Waals surface area (Å²) in [6, 6.07) is 11.0. The first kappa shape index (κ1) is 31.1. The second-order valence-electron chi connectivity index (χ2n) is 11.7. The van der Waals surface area contributed by atoms with Crippen LogP contribution in [0, 0.1) is 23.2 Å². The fraction of sp³-hybridized carbons (Fsp3) is 0.455. The highest BCUT2D eigenvalue weighted by molar-refractivity contribution is 5.93. The maximum Gasteiger partial charge on any atom is 0.416 e. The van der Waals surface area contributed by atoms with E-state index in [1.54, 1.807) is 25.1 Å². The zero-order valence-corrected chi connectivity index (χ0v) is 25.1. The van der Waals surface area contributed by atoms with E-state index in [0.29, 0.717) is 23.5 Å². The van der Waals surface area contributed by atoms with Crippen LogP contribution in [0.4, 0.5) is 24.8 Å². The van der Waals surface area contributed by atoms with E-state index in [4.69, 9.17) is 4.74 Å². The van der Waals surface area contributed by atoms with E-state index in [0.717, 1.165) is 42.9 Å². The lowest BCUT2D eigenvalue weighted by Gasteiger charge is -2.36. The smallest absolute Gasteiger partial charge is 0.416 e. The summed E-state index contributed by atoms with van der Waals surface area (Å²) in [5, 5.41) is 16.4. The summed E-state index contributed by atoms with van der Waals surface area (Å²) < 4.78 is 47.4. The molecule has 0 saturated heterocycles. The van der Waals surface area contributed by atoms with Gasteiger partial charge in [-0.1, -0.05) is 64.0 Å². The molecule has 0 spiro atoms. The van der Waals surface area contributed by atoms with E-state index in [1.165, 1.54) is 54.4 Å². The Morgan fingerprint density at radius 1 is 1.23 bits per heavy atom. The molecule has 1 aliphatic carbocycles. The summed E-state index contributed by atoms with van der Waals surface area (Å²) in [6.45, 7) is 3.73. The average Bonchev–Trinajstić information content (AvgIpc) is 3.36. The van der Waals surface area contributed by atoms with Crippen molar-refractivity contribution in [2.45, 2.75) is 77.4 Å². The number of nitriles is 1. The van der Waals surface area contributed by atoms with Gasteiger partial charge in [-0.15, -0.1) is 5.10 Å². The van der Waals surface area contributed by atoms with Gasteiger partial charge in [-0.2, -0.15) is 18.4 Å².